The fourth-order valence-corrected chi connectivity index (χ4v) is 16.9. The zero-order valence-corrected chi connectivity index (χ0v) is 70.5. The molecule has 9 heterocycles. The van der Waals surface area contributed by atoms with Gasteiger partial charge in [-0.1, -0.05) is 112 Å². The monoisotopic (exact) mass is 1800 g/mol. The lowest BCUT2D eigenvalue weighted by Gasteiger charge is -2.42. The molecule has 8 amide bonds. The van der Waals surface area contributed by atoms with Crippen LogP contribution in [0.25, 0.3) is 11.1 Å². The first-order valence-electron chi connectivity index (χ1n) is 41.8. The first-order valence-corrected chi connectivity index (χ1v) is 42.5. The number of nitrogens with one attached hydrogen (secondary N) is 8. The number of aliphatic hydroxyl groups excluding tert-OH is 8. The summed E-state index contributed by atoms with van der Waals surface area (Å²) in [6, 6.07) is 6.86. The summed E-state index contributed by atoms with van der Waals surface area (Å²) in [7, 11) is 3.24. The minimum atomic E-state index is -2.40. The molecule has 3 saturated heterocycles. The van der Waals surface area contributed by atoms with Gasteiger partial charge < -0.3 is 147 Å². The van der Waals surface area contributed by atoms with Gasteiger partial charge in [-0.15, -0.1) is 0 Å². The molecule has 127 heavy (non-hydrogen) atoms. The van der Waals surface area contributed by atoms with E-state index in [4.69, 9.17) is 56.4 Å². The molecular weight excluding hydrogens is 1700 g/mol. The van der Waals surface area contributed by atoms with Gasteiger partial charge in [0.05, 0.1) is 23.3 Å². The minimum absolute atomic E-state index is 0.0284. The summed E-state index contributed by atoms with van der Waals surface area (Å²) in [5.41, 5.74) is -2.31. The van der Waals surface area contributed by atoms with Crippen LogP contribution in [0.1, 0.15) is 146 Å². The van der Waals surface area contributed by atoms with Crippen molar-refractivity contribution in [3.8, 4) is 80.1 Å². The molecule has 0 aliphatic carbocycles. The number of rotatable bonds is 19. The van der Waals surface area contributed by atoms with Crippen molar-refractivity contribution < 1.29 is 133 Å². The van der Waals surface area contributed by atoms with E-state index in [1.54, 1.807) is 7.05 Å². The van der Waals surface area contributed by atoms with Gasteiger partial charge in [0.15, 0.2) is 23.0 Å². The van der Waals surface area contributed by atoms with Crippen LogP contribution in [0, 0.1) is 0 Å². The smallest absolute Gasteiger partial charge is 0.249 e. The summed E-state index contributed by atoms with van der Waals surface area (Å²) in [4.78, 5) is 129. The van der Waals surface area contributed by atoms with Crippen molar-refractivity contribution in [2.75, 3.05) is 53.5 Å². The molecule has 9 aliphatic heterocycles. The van der Waals surface area contributed by atoms with Crippen LogP contribution in [0.2, 0.25) is 10.0 Å². The summed E-state index contributed by atoms with van der Waals surface area (Å²) < 4.78 is 45.1. The number of unbranched alkanes of at least 4 members (excludes halogenated alkanes) is 8. The van der Waals surface area contributed by atoms with Crippen molar-refractivity contribution in [3.05, 3.63) is 164 Å². The molecule has 0 aromatic heterocycles. The second-order valence-corrected chi connectivity index (χ2v) is 33.2. The Kier molecular flexibility index (Phi) is 28.8. The molecule has 7 aromatic rings. The SMILES string of the molecule is CCCCCCCCCCCC(=O)N[C@H]1[C@H](Oc2c3cc4cc2Oc2ccc(cc2Cl)[C@@H](O)[C@@H]2NC(=O)[C@H](NC(=O)[C@@H]4NC(=O)[C@H]4NC(=O)[C@@H](Cc5ccc(cc5)O3)NC(=O)[C@H](NC)c3ccc(O)c(c3)Oc3cc(O)c(Cl)c4c3)c3ccc(O)c(c3)-c3c(O[C@H]4O[C@H](CO)[C@@H](O)[C@H](O)[C@@H]4O)cc(O)cc3[C@H](C(=O)N3CCN(C)CC3)NC2=O)O[C@H](CO)[C@@H](O)[C@@H]1O. The van der Waals surface area contributed by atoms with Crippen LogP contribution in [-0.4, -0.2) is 245 Å². The maximum atomic E-state index is 16.9. The van der Waals surface area contributed by atoms with Gasteiger partial charge in [0.2, 0.25) is 65.6 Å². The van der Waals surface area contributed by atoms with E-state index in [0.717, 1.165) is 106 Å². The first kappa shape index (κ1) is 91.8. The van der Waals surface area contributed by atoms with E-state index in [-0.39, 0.29) is 65.6 Å². The molecule has 39 heteroatoms. The summed E-state index contributed by atoms with van der Waals surface area (Å²) in [6.45, 7) is 0.876. The topological polar surface area (TPSA) is 547 Å². The van der Waals surface area contributed by atoms with Crippen LogP contribution >= 0.6 is 23.2 Å². The van der Waals surface area contributed by atoms with Crippen molar-refractivity contribution in [2.24, 2.45) is 0 Å². The largest absolute Gasteiger partial charge is 0.508 e. The van der Waals surface area contributed by atoms with Crippen LogP contribution in [0.15, 0.2) is 115 Å². The molecule has 16 rings (SSSR count). The number of nitrogens with zero attached hydrogens (tertiary/aromatic N) is 2. The van der Waals surface area contributed by atoms with E-state index in [0.29, 0.717) is 31.5 Å². The van der Waals surface area contributed by atoms with Crippen LogP contribution in [0.4, 0.5) is 0 Å². The molecule has 17 bridgehead atoms. The highest BCUT2D eigenvalue weighted by atomic mass is 35.5. The average molecular weight is 1800 g/mol. The molecule has 678 valence electrons. The van der Waals surface area contributed by atoms with Crippen LogP contribution in [0.3, 0.4) is 0 Å². The number of piperazine rings is 1. The first-order chi connectivity index (χ1) is 60.9. The number of fused-ring (bicyclic) bond motifs is 14. The standard InChI is InChI=1S/C88H100Cl2N10O27/c1-4-5-6-7-8-9-10-11-12-13-63(107)93-72-76(111)74(109)61(38-101)125-87(72)127-79-59-32-44-33-60(79)123-56-23-18-43(30-51(56)89)73(108)71-85(119)97-70(86(120)100-26-24-99(3)25-27-100)49-34-45(103)35-58(124-88-78(113)77(112)75(110)62(39-102)126-88)64(49)48-29-41(16-21-53(48)104)67(82(116)98-71)94-83(117)68(44)95-84(118)69-50-36-47(37-55(106)65(50)90)122-57-31-42(17-22-54(57)105)66(91-2)81(115)92-52(80(114)96-69)28-40-14-19-46(121-59)20-15-40/h14-23,29-37,52,61-62,66-78,87-88,91,101-106,108-113H,4-13,24-28,38-39H2,1-3H3,(H,92,115)(H,93,107)(H,94,117)(H,95,118)(H,96,114)(H,97,119)(H,98,116)/t52-,61-,62-,66-,67-,68-,69+,70-,71+,72-,73-,74-,75-,76-,77+,78+,87+,88+/m1/s1. The molecule has 7 aromatic carbocycles. The Hall–Kier alpha value is -11.4. The van der Waals surface area contributed by atoms with E-state index in [9.17, 15) is 70.9 Å². The number of benzene rings is 7. The number of aromatic hydroxyl groups is 4. The molecule has 3 fully saturated rings. The molecule has 9 aliphatic rings. The Morgan fingerprint density at radius 3 is 1.81 bits per heavy atom. The number of hydrogen-bond donors (Lipinski definition) is 20. The average Bonchev–Trinajstić information content (AvgIpc) is 0.785. The highest BCUT2D eigenvalue weighted by molar-refractivity contribution is 6.33. The van der Waals surface area contributed by atoms with Gasteiger partial charge in [-0.3, -0.25) is 38.4 Å². The zero-order valence-electron chi connectivity index (χ0n) is 69.0. The number of hydrogen-bond acceptors (Lipinski definition) is 29. The predicted molar refractivity (Wildman–Crippen MR) is 449 cm³/mol. The van der Waals surface area contributed by atoms with E-state index < -0.39 is 254 Å². The molecule has 0 radical (unpaired) electrons. The van der Waals surface area contributed by atoms with Crippen molar-refractivity contribution in [1.82, 2.24) is 52.3 Å². The summed E-state index contributed by atoms with van der Waals surface area (Å²) in [6.07, 6.45) is -11.7. The van der Waals surface area contributed by atoms with E-state index in [2.05, 4.69) is 49.5 Å². The maximum absolute atomic E-state index is 16.9. The highest BCUT2D eigenvalue weighted by Crippen LogP contribution is 2.51. The van der Waals surface area contributed by atoms with E-state index in [1.807, 2.05) is 4.90 Å². The van der Waals surface area contributed by atoms with Crippen LogP contribution in [0.5, 0.6) is 69.0 Å². The zero-order chi connectivity index (χ0) is 90.5. The third kappa shape index (κ3) is 20.1. The molecule has 0 spiro atoms. The van der Waals surface area contributed by atoms with Gasteiger partial charge in [-0.2, -0.15) is 0 Å². The Bertz CT molecular complexity index is 5280. The quantitative estimate of drug-likeness (QED) is 0.0510. The van der Waals surface area contributed by atoms with Gasteiger partial charge in [0.25, 0.3) is 0 Å². The fraction of sp³-hybridized carbons (Fsp3) is 0.432. The van der Waals surface area contributed by atoms with E-state index in [1.165, 1.54) is 66.5 Å². The van der Waals surface area contributed by atoms with Gasteiger partial charge in [0, 0.05) is 67.8 Å². The second-order valence-electron chi connectivity index (χ2n) is 32.4. The van der Waals surface area contributed by atoms with Gasteiger partial charge >= 0.3 is 0 Å². The lowest BCUT2D eigenvalue weighted by Crippen LogP contribution is -2.65. The number of aliphatic hydroxyl groups is 8. The number of phenolic OH excluding ortho intramolecular Hbond substituents is 4. The number of carbonyl (C=O) groups is 8. The third-order valence-corrected chi connectivity index (χ3v) is 24.3. The number of carbonyl (C=O) groups excluding carboxylic acids is 8. The van der Waals surface area contributed by atoms with Crippen molar-refractivity contribution in [1.29, 1.82) is 0 Å². The number of ether oxygens (including phenoxy) is 7. The Morgan fingerprint density at radius 1 is 0.520 bits per heavy atom. The van der Waals surface area contributed by atoms with Crippen molar-refractivity contribution >= 4 is 70.5 Å². The van der Waals surface area contributed by atoms with Gasteiger partial charge in [-0.05, 0) is 127 Å². The number of likely N-dealkylation sites (N-methyl/N-ethyl adjacent to an activating group) is 2. The number of amides is 8. The van der Waals surface area contributed by atoms with E-state index >= 15 is 28.8 Å². The molecule has 20 N–H and O–H groups in total. The van der Waals surface area contributed by atoms with Crippen LogP contribution in [-0.2, 0) is 54.3 Å². The van der Waals surface area contributed by atoms with Crippen molar-refractivity contribution in [3.63, 3.8) is 0 Å². The Labute approximate surface area is 737 Å². The number of halogens is 2. The lowest BCUT2D eigenvalue weighted by atomic mass is 9.89. The predicted octanol–water partition coefficient (Wildman–Crippen LogP) is 3.93. The molecule has 37 nitrogen and oxygen atoms in total. The second kappa shape index (κ2) is 39.9. The van der Waals surface area contributed by atoms with Gasteiger partial charge in [0.1, 0.15) is 137 Å². The van der Waals surface area contributed by atoms with Crippen molar-refractivity contribution in [2.45, 2.75) is 187 Å². The lowest BCUT2D eigenvalue weighted by molar-refractivity contribution is -0.277. The summed E-state index contributed by atoms with van der Waals surface area (Å²) >= 11 is 14.4. The molecule has 0 unspecified atom stereocenters. The molecule has 18 atom stereocenters. The minimum Gasteiger partial charge on any atom is -0.508 e. The van der Waals surface area contributed by atoms with Crippen LogP contribution < -0.4 is 66.2 Å². The normalized spacial score (nSPS) is 26.8. The molecule has 0 saturated carbocycles. The Balaban J connectivity index is 0.987. The molecular formula is C88H100Cl2N10O27. The summed E-state index contributed by atoms with van der Waals surface area (Å²) in [5, 5.41) is 160. The fourth-order valence-electron chi connectivity index (χ4n) is 16.5. The highest BCUT2D eigenvalue weighted by Gasteiger charge is 2.50. The summed E-state index contributed by atoms with van der Waals surface area (Å²) in [5.74, 6) is -15.1. The number of phenols is 4. The van der Waals surface area contributed by atoms with Gasteiger partial charge in [-0.25, -0.2) is 0 Å². The maximum Gasteiger partial charge on any atom is 0.249 e. The Morgan fingerprint density at radius 2 is 1.13 bits per heavy atom. The third-order valence-electron chi connectivity index (χ3n) is 23.6.